The summed E-state index contributed by atoms with van der Waals surface area (Å²) in [6.45, 7) is 0.235. The number of aromatic nitrogens is 2. The van der Waals surface area contributed by atoms with Crippen LogP contribution in [0.2, 0.25) is 10.0 Å². The minimum Gasteiger partial charge on any atom is -0.481 e. The van der Waals surface area contributed by atoms with E-state index in [1.54, 1.807) is 26.0 Å². The minimum absolute atomic E-state index is 0.111. The molecule has 0 spiro atoms. The SMILES string of the molecule is CC1(C)Oc2c(ccc(OC(F)F)c2-c2ccc(Cl)cc2Cl)-c2n[nH]c(C(=O)O)c21. The summed E-state index contributed by atoms with van der Waals surface area (Å²) in [4.78, 5) is 11.6. The van der Waals surface area contributed by atoms with Crippen molar-refractivity contribution >= 4 is 29.2 Å². The molecular formula is C20H14Cl2F2N2O4. The van der Waals surface area contributed by atoms with Crippen molar-refractivity contribution in [3.8, 4) is 33.9 Å². The maximum atomic E-state index is 13.1. The lowest BCUT2D eigenvalue weighted by Gasteiger charge is -2.34. The second kappa shape index (κ2) is 7.14. The highest BCUT2D eigenvalue weighted by Gasteiger charge is 2.41. The number of rotatable bonds is 4. The Kier molecular flexibility index (Phi) is 4.86. The van der Waals surface area contributed by atoms with Crippen LogP contribution in [0.1, 0.15) is 29.9 Å². The highest BCUT2D eigenvalue weighted by atomic mass is 35.5. The third-order valence-corrected chi connectivity index (χ3v) is 5.28. The van der Waals surface area contributed by atoms with Gasteiger partial charge in [0, 0.05) is 16.1 Å². The van der Waals surface area contributed by atoms with Gasteiger partial charge in [0.25, 0.3) is 0 Å². The van der Waals surface area contributed by atoms with E-state index in [1.165, 1.54) is 18.2 Å². The molecule has 0 saturated heterocycles. The Morgan fingerprint density at radius 1 is 1.23 bits per heavy atom. The topological polar surface area (TPSA) is 84.4 Å². The van der Waals surface area contributed by atoms with Gasteiger partial charge < -0.3 is 14.6 Å². The second-order valence-corrected chi connectivity index (χ2v) is 7.90. The predicted molar refractivity (Wildman–Crippen MR) is 107 cm³/mol. The van der Waals surface area contributed by atoms with Crippen molar-refractivity contribution in [1.82, 2.24) is 10.2 Å². The van der Waals surface area contributed by atoms with Crippen LogP contribution < -0.4 is 9.47 Å². The van der Waals surface area contributed by atoms with E-state index in [0.717, 1.165) is 0 Å². The van der Waals surface area contributed by atoms with E-state index < -0.39 is 18.2 Å². The van der Waals surface area contributed by atoms with Gasteiger partial charge in [0.2, 0.25) is 0 Å². The molecule has 0 atom stereocenters. The first-order valence-electron chi connectivity index (χ1n) is 8.69. The largest absolute Gasteiger partial charge is 0.481 e. The standard InChI is InChI=1S/C20H14Cl2F2N2O4/c1-20(2)14-15(25-26-16(14)18(27)28)10-5-6-12(29-19(23)24)13(17(10)30-20)9-4-3-8(21)7-11(9)22/h3-7,19H,1-2H3,(H,25,26)(H,27,28). The van der Waals surface area contributed by atoms with Gasteiger partial charge in [-0.15, -0.1) is 0 Å². The van der Waals surface area contributed by atoms with Crippen LogP contribution in [0.4, 0.5) is 8.78 Å². The first-order valence-corrected chi connectivity index (χ1v) is 9.44. The summed E-state index contributed by atoms with van der Waals surface area (Å²) in [7, 11) is 0. The number of nitrogens with one attached hydrogen (secondary N) is 1. The fourth-order valence-electron chi connectivity index (χ4n) is 3.58. The Bertz CT molecular complexity index is 1180. The highest BCUT2D eigenvalue weighted by molar-refractivity contribution is 6.36. The summed E-state index contributed by atoms with van der Waals surface area (Å²) >= 11 is 12.3. The Morgan fingerprint density at radius 2 is 1.93 bits per heavy atom. The number of carbonyl (C=O) groups is 1. The Hall–Kier alpha value is -2.84. The molecule has 2 aromatic carbocycles. The molecule has 1 aliphatic heterocycles. The zero-order chi connectivity index (χ0) is 21.8. The van der Waals surface area contributed by atoms with Crippen molar-refractivity contribution in [3.63, 3.8) is 0 Å². The third-order valence-electron chi connectivity index (χ3n) is 4.73. The molecule has 0 bridgehead atoms. The van der Waals surface area contributed by atoms with Crippen LogP contribution >= 0.6 is 23.2 Å². The fraction of sp³-hybridized carbons (Fsp3) is 0.200. The van der Waals surface area contributed by atoms with E-state index >= 15 is 0 Å². The number of aromatic carboxylic acids is 1. The van der Waals surface area contributed by atoms with Crippen LogP contribution in [-0.2, 0) is 5.60 Å². The molecule has 2 heterocycles. The molecule has 0 amide bonds. The zero-order valence-electron chi connectivity index (χ0n) is 15.6. The normalized spacial score (nSPS) is 14.1. The van der Waals surface area contributed by atoms with E-state index in [-0.39, 0.29) is 27.8 Å². The number of carboxylic acid groups (broad SMARTS) is 1. The lowest BCUT2D eigenvalue weighted by Crippen LogP contribution is -2.31. The number of halogens is 4. The van der Waals surface area contributed by atoms with Gasteiger partial charge in [-0.2, -0.15) is 13.9 Å². The summed E-state index contributed by atoms with van der Waals surface area (Å²) in [5.74, 6) is -1.15. The maximum Gasteiger partial charge on any atom is 0.387 e. The number of fused-ring (bicyclic) bond motifs is 3. The van der Waals surface area contributed by atoms with Crippen LogP contribution in [0.5, 0.6) is 11.5 Å². The van der Waals surface area contributed by atoms with E-state index in [0.29, 0.717) is 27.4 Å². The molecule has 10 heteroatoms. The van der Waals surface area contributed by atoms with E-state index in [2.05, 4.69) is 10.2 Å². The monoisotopic (exact) mass is 454 g/mol. The quantitative estimate of drug-likeness (QED) is 0.506. The van der Waals surface area contributed by atoms with Crippen LogP contribution in [0.3, 0.4) is 0 Å². The van der Waals surface area contributed by atoms with Crippen LogP contribution in [0, 0.1) is 0 Å². The molecule has 6 nitrogen and oxygen atoms in total. The average Bonchev–Trinajstić information content (AvgIpc) is 3.09. The molecule has 0 saturated carbocycles. The molecule has 156 valence electrons. The van der Waals surface area contributed by atoms with Crippen LogP contribution in [-0.4, -0.2) is 27.9 Å². The molecule has 0 unspecified atom stereocenters. The van der Waals surface area contributed by atoms with Crippen LogP contribution in [0.25, 0.3) is 22.4 Å². The minimum atomic E-state index is -3.08. The van der Waals surface area contributed by atoms with Crippen molar-refractivity contribution in [2.24, 2.45) is 0 Å². The average molecular weight is 455 g/mol. The molecule has 0 fully saturated rings. The van der Waals surface area contributed by atoms with Gasteiger partial charge in [-0.3, -0.25) is 5.10 Å². The van der Waals surface area contributed by atoms with E-state index in [4.69, 9.17) is 32.7 Å². The van der Waals surface area contributed by atoms with Crippen molar-refractivity contribution in [1.29, 1.82) is 0 Å². The van der Waals surface area contributed by atoms with Crippen LogP contribution in [0.15, 0.2) is 30.3 Å². The maximum absolute atomic E-state index is 13.1. The lowest BCUT2D eigenvalue weighted by molar-refractivity contribution is -0.0496. The number of nitrogens with zero attached hydrogens (tertiary/aromatic N) is 1. The Balaban J connectivity index is 2.05. The second-order valence-electron chi connectivity index (χ2n) is 7.06. The molecular weight excluding hydrogens is 441 g/mol. The molecule has 4 rings (SSSR count). The number of ether oxygens (including phenoxy) is 2. The summed E-state index contributed by atoms with van der Waals surface area (Å²) in [6, 6.07) is 7.43. The van der Waals surface area contributed by atoms with Gasteiger partial charge in [0.1, 0.15) is 22.8 Å². The number of benzene rings is 2. The molecule has 1 aromatic heterocycles. The van der Waals surface area contributed by atoms with Crippen molar-refractivity contribution < 1.29 is 28.2 Å². The smallest absolute Gasteiger partial charge is 0.387 e. The summed E-state index contributed by atoms with van der Waals surface area (Å²) < 4.78 is 37.1. The van der Waals surface area contributed by atoms with Gasteiger partial charge in [0.05, 0.1) is 16.1 Å². The van der Waals surface area contributed by atoms with Gasteiger partial charge >= 0.3 is 12.6 Å². The number of alkyl halides is 2. The Morgan fingerprint density at radius 3 is 2.57 bits per heavy atom. The lowest BCUT2D eigenvalue weighted by atomic mass is 9.87. The van der Waals surface area contributed by atoms with E-state index in [9.17, 15) is 18.7 Å². The predicted octanol–water partition coefficient (Wildman–Crippen LogP) is 5.98. The first kappa shape index (κ1) is 20.4. The van der Waals surface area contributed by atoms with Gasteiger partial charge in [0.15, 0.2) is 5.69 Å². The number of H-pyrrole nitrogens is 1. The third kappa shape index (κ3) is 3.26. The van der Waals surface area contributed by atoms with Gasteiger partial charge in [-0.1, -0.05) is 29.3 Å². The molecule has 3 aromatic rings. The van der Waals surface area contributed by atoms with Gasteiger partial charge in [-0.05, 0) is 38.1 Å². The van der Waals surface area contributed by atoms with Crippen molar-refractivity contribution in [2.45, 2.75) is 26.1 Å². The molecule has 1 aliphatic rings. The first-order chi connectivity index (χ1) is 14.1. The number of carboxylic acids is 1. The summed E-state index contributed by atoms with van der Waals surface area (Å²) in [5, 5.41) is 16.7. The fourth-order valence-corrected chi connectivity index (χ4v) is 4.09. The summed E-state index contributed by atoms with van der Waals surface area (Å²) in [6.07, 6.45) is 0. The highest BCUT2D eigenvalue weighted by Crippen LogP contribution is 2.53. The van der Waals surface area contributed by atoms with E-state index in [1.807, 2.05) is 0 Å². The summed E-state index contributed by atoms with van der Waals surface area (Å²) in [5.41, 5.74) is 0.400. The number of aromatic amines is 1. The van der Waals surface area contributed by atoms with Crippen molar-refractivity contribution in [2.75, 3.05) is 0 Å². The Labute approximate surface area is 179 Å². The van der Waals surface area contributed by atoms with Crippen molar-refractivity contribution in [3.05, 3.63) is 51.6 Å². The molecule has 2 N–H and O–H groups in total. The molecule has 30 heavy (non-hydrogen) atoms. The zero-order valence-corrected chi connectivity index (χ0v) is 17.1. The van der Waals surface area contributed by atoms with Gasteiger partial charge in [-0.25, -0.2) is 4.79 Å². The number of hydrogen-bond acceptors (Lipinski definition) is 4. The molecule has 0 aliphatic carbocycles. The molecule has 0 radical (unpaired) electrons. The number of hydrogen-bond donors (Lipinski definition) is 2.